The fourth-order valence-corrected chi connectivity index (χ4v) is 4.13. The zero-order valence-corrected chi connectivity index (χ0v) is 13.5. The van der Waals surface area contributed by atoms with E-state index < -0.39 is 0 Å². The van der Waals surface area contributed by atoms with Gasteiger partial charge >= 0.3 is 0 Å². The van der Waals surface area contributed by atoms with Gasteiger partial charge in [-0.05, 0) is 36.3 Å². The number of hydrogen-bond donors (Lipinski definition) is 0. The maximum Gasteiger partial charge on any atom is 0.168 e. The Balaban J connectivity index is 1.55. The van der Waals surface area contributed by atoms with Crippen molar-refractivity contribution in [1.29, 1.82) is 0 Å². The summed E-state index contributed by atoms with van der Waals surface area (Å²) in [6.07, 6.45) is 9.20. The summed E-state index contributed by atoms with van der Waals surface area (Å²) in [6, 6.07) is 12.9. The van der Waals surface area contributed by atoms with Crippen molar-refractivity contribution in [1.82, 2.24) is 9.78 Å². The highest BCUT2D eigenvalue weighted by Gasteiger charge is 2.46. The van der Waals surface area contributed by atoms with E-state index in [0.29, 0.717) is 0 Å². The summed E-state index contributed by atoms with van der Waals surface area (Å²) in [4.78, 5) is 0. The third kappa shape index (κ3) is 2.93. The SMILES string of the molecule is c1ccc(C2(CCn3cccn3)CCC3(CC2)OCCO3)cc1. The predicted octanol–water partition coefficient (Wildman–Crippen LogP) is 3.53. The molecule has 2 aliphatic rings. The first-order chi connectivity index (χ1) is 11.3. The van der Waals surface area contributed by atoms with Gasteiger partial charge in [0, 0.05) is 31.8 Å². The molecule has 1 aliphatic carbocycles. The lowest BCUT2D eigenvalue weighted by atomic mass is 9.66. The van der Waals surface area contributed by atoms with Gasteiger partial charge in [-0.1, -0.05) is 30.3 Å². The first-order valence-electron chi connectivity index (χ1n) is 8.61. The van der Waals surface area contributed by atoms with Crippen LogP contribution in [0, 0.1) is 0 Å². The highest BCUT2D eigenvalue weighted by Crippen LogP contribution is 2.48. The van der Waals surface area contributed by atoms with Gasteiger partial charge in [0.25, 0.3) is 0 Å². The molecule has 1 saturated carbocycles. The molecule has 0 atom stereocenters. The molecule has 4 rings (SSSR count). The fraction of sp³-hybridized carbons (Fsp3) is 0.526. The molecule has 1 aliphatic heterocycles. The third-order valence-corrected chi connectivity index (χ3v) is 5.55. The van der Waals surface area contributed by atoms with Crippen molar-refractivity contribution in [2.45, 2.75) is 49.9 Å². The van der Waals surface area contributed by atoms with Crippen molar-refractivity contribution in [2.75, 3.05) is 13.2 Å². The summed E-state index contributed by atoms with van der Waals surface area (Å²) in [5, 5.41) is 4.36. The van der Waals surface area contributed by atoms with Gasteiger partial charge in [-0.15, -0.1) is 0 Å². The van der Waals surface area contributed by atoms with E-state index >= 15 is 0 Å². The van der Waals surface area contributed by atoms with Crippen molar-refractivity contribution in [2.24, 2.45) is 0 Å². The van der Waals surface area contributed by atoms with Gasteiger partial charge in [-0.25, -0.2) is 0 Å². The van der Waals surface area contributed by atoms with Gasteiger partial charge in [0.15, 0.2) is 5.79 Å². The highest BCUT2D eigenvalue weighted by atomic mass is 16.7. The predicted molar refractivity (Wildman–Crippen MR) is 88.1 cm³/mol. The zero-order valence-electron chi connectivity index (χ0n) is 13.5. The normalized spacial score (nSPS) is 22.4. The second-order valence-corrected chi connectivity index (χ2v) is 6.77. The number of aryl methyl sites for hydroxylation is 1. The maximum atomic E-state index is 5.92. The molecule has 2 aromatic rings. The Morgan fingerprint density at radius 2 is 1.70 bits per heavy atom. The minimum Gasteiger partial charge on any atom is -0.348 e. The molecule has 0 N–H and O–H groups in total. The minimum atomic E-state index is -0.302. The van der Waals surface area contributed by atoms with Crippen LogP contribution in [0.25, 0.3) is 0 Å². The van der Waals surface area contributed by atoms with Crippen molar-refractivity contribution in [3.05, 3.63) is 54.4 Å². The molecule has 0 unspecified atom stereocenters. The number of aromatic nitrogens is 2. The number of rotatable bonds is 4. The van der Waals surface area contributed by atoms with Gasteiger partial charge in [-0.2, -0.15) is 5.10 Å². The maximum absolute atomic E-state index is 5.92. The monoisotopic (exact) mass is 312 g/mol. The molecule has 1 spiro atoms. The topological polar surface area (TPSA) is 36.3 Å². The van der Waals surface area contributed by atoms with Crippen molar-refractivity contribution in [3.63, 3.8) is 0 Å². The number of ether oxygens (including phenoxy) is 2. The summed E-state index contributed by atoms with van der Waals surface area (Å²) in [7, 11) is 0. The van der Waals surface area contributed by atoms with E-state index in [1.807, 2.05) is 23.1 Å². The van der Waals surface area contributed by atoms with Gasteiger partial charge in [0.05, 0.1) is 13.2 Å². The summed E-state index contributed by atoms with van der Waals surface area (Å²) < 4.78 is 13.9. The summed E-state index contributed by atoms with van der Waals surface area (Å²) in [5.41, 5.74) is 1.65. The smallest absolute Gasteiger partial charge is 0.168 e. The first-order valence-corrected chi connectivity index (χ1v) is 8.61. The lowest BCUT2D eigenvalue weighted by Gasteiger charge is -2.44. The van der Waals surface area contributed by atoms with Gasteiger partial charge < -0.3 is 9.47 Å². The van der Waals surface area contributed by atoms with E-state index in [2.05, 4.69) is 35.4 Å². The van der Waals surface area contributed by atoms with E-state index in [0.717, 1.165) is 51.9 Å². The third-order valence-electron chi connectivity index (χ3n) is 5.55. The molecule has 0 amide bonds. The van der Waals surface area contributed by atoms with E-state index in [1.165, 1.54) is 5.56 Å². The molecule has 4 nitrogen and oxygen atoms in total. The van der Waals surface area contributed by atoms with Crippen LogP contribution in [0.1, 0.15) is 37.7 Å². The lowest BCUT2D eigenvalue weighted by molar-refractivity contribution is -0.185. The largest absolute Gasteiger partial charge is 0.348 e. The van der Waals surface area contributed by atoms with Crippen LogP contribution in [0.4, 0.5) is 0 Å². The van der Waals surface area contributed by atoms with Crippen LogP contribution in [-0.4, -0.2) is 28.8 Å². The van der Waals surface area contributed by atoms with Crippen LogP contribution in [0.15, 0.2) is 48.8 Å². The Kier molecular flexibility index (Phi) is 3.95. The summed E-state index contributed by atoms with van der Waals surface area (Å²) in [5.74, 6) is -0.302. The van der Waals surface area contributed by atoms with Gasteiger partial charge in [0.1, 0.15) is 0 Å². The molecule has 1 saturated heterocycles. The first kappa shape index (κ1) is 14.9. The average Bonchev–Trinajstić information content (AvgIpc) is 3.28. The Morgan fingerprint density at radius 1 is 0.957 bits per heavy atom. The second-order valence-electron chi connectivity index (χ2n) is 6.77. The van der Waals surface area contributed by atoms with Crippen LogP contribution in [0.3, 0.4) is 0 Å². The molecular weight excluding hydrogens is 288 g/mol. The van der Waals surface area contributed by atoms with Crippen molar-refractivity contribution in [3.8, 4) is 0 Å². The second kappa shape index (κ2) is 6.10. The van der Waals surface area contributed by atoms with Crippen LogP contribution in [0.2, 0.25) is 0 Å². The van der Waals surface area contributed by atoms with Crippen molar-refractivity contribution < 1.29 is 9.47 Å². The fourth-order valence-electron chi connectivity index (χ4n) is 4.13. The molecule has 0 radical (unpaired) electrons. The Labute approximate surface area is 137 Å². The molecule has 0 bridgehead atoms. The van der Waals surface area contributed by atoms with E-state index in [1.54, 1.807) is 0 Å². The van der Waals surface area contributed by atoms with Crippen molar-refractivity contribution >= 4 is 0 Å². The average molecular weight is 312 g/mol. The van der Waals surface area contributed by atoms with Gasteiger partial charge in [0.2, 0.25) is 0 Å². The lowest BCUT2D eigenvalue weighted by Crippen LogP contribution is -2.42. The van der Waals surface area contributed by atoms with Crippen LogP contribution in [0.5, 0.6) is 0 Å². The Hall–Kier alpha value is -1.65. The number of benzene rings is 1. The van der Waals surface area contributed by atoms with Gasteiger partial charge in [-0.3, -0.25) is 4.68 Å². The van der Waals surface area contributed by atoms with Crippen LogP contribution in [-0.2, 0) is 21.4 Å². The van der Waals surface area contributed by atoms with Crippen LogP contribution < -0.4 is 0 Å². The minimum absolute atomic E-state index is 0.202. The number of nitrogens with zero attached hydrogens (tertiary/aromatic N) is 2. The molecule has 1 aromatic heterocycles. The molecule has 23 heavy (non-hydrogen) atoms. The van der Waals surface area contributed by atoms with Crippen LogP contribution >= 0.6 is 0 Å². The highest BCUT2D eigenvalue weighted by molar-refractivity contribution is 5.26. The Bertz CT molecular complexity index is 608. The molecule has 2 heterocycles. The summed E-state index contributed by atoms with van der Waals surface area (Å²) >= 11 is 0. The molecular formula is C19H24N2O2. The molecule has 2 fully saturated rings. The molecule has 4 heteroatoms. The zero-order chi connectivity index (χ0) is 15.6. The standard InChI is InChI=1S/C19H24N2O2/c1-2-5-17(6-3-1)18(11-14-21-13-4-12-20-21)7-9-19(10-8-18)22-15-16-23-19/h1-6,12-13H,7-11,14-16H2. The number of hydrogen-bond acceptors (Lipinski definition) is 3. The van der Waals surface area contributed by atoms with E-state index in [9.17, 15) is 0 Å². The van der Waals surface area contributed by atoms with E-state index in [4.69, 9.17) is 9.47 Å². The summed E-state index contributed by atoms with van der Waals surface area (Å²) in [6.45, 7) is 2.44. The quantitative estimate of drug-likeness (QED) is 0.866. The molecule has 122 valence electrons. The Morgan fingerprint density at radius 3 is 2.35 bits per heavy atom. The van der Waals surface area contributed by atoms with E-state index in [-0.39, 0.29) is 11.2 Å². The molecule has 1 aromatic carbocycles.